The lowest BCUT2D eigenvalue weighted by molar-refractivity contribution is 0.107. The highest BCUT2D eigenvalue weighted by molar-refractivity contribution is 5.28. The molecule has 1 aliphatic heterocycles. The van der Waals surface area contributed by atoms with Crippen molar-refractivity contribution >= 4 is 5.82 Å². The molecule has 1 aromatic rings. The molecule has 106 valence electrons. The Hall–Kier alpha value is -1.20. The Morgan fingerprint density at radius 2 is 1.95 bits per heavy atom. The summed E-state index contributed by atoms with van der Waals surface area (Å²) in [6.45, 7) is 10.2. The zero-order valence-corrected chi connectivity index (χ0v) is 12.2. The van der Waals surface area contributed by atoms with Crippen molar-refractivity contribution in [1.82, 2.24) is 14.9 Å². The molecule has 0 aromatic carbocycles. The first-order chi connectivity index (χ1) is 8.99. The van der Waals surface area contributed by atoms with E-state index < -0.39 is 0 Å². The molecule has 5 nitrogen and oxygen atoms in total. The molecule has 19 heavy (non-hydrogen) atoms. The van der Waals surface area contributed by atoms with Crippen molar-refractivity contribution in [3.63, 3.8) is 0 Å². The average molecular weight is 263 g/mol. The smallest absolute Gasteiger partial charge is 0.158 e. The number of nitrogens with zero attached hydrogens (tertiary/aromatic N) is 3. The largest absolute Gasteiger partial charge is 0.307 e. The number of hydrogen-bond donors (Lipinski definition) is 2. The van der Waals surface area contributed by atoms with Gasteiger partial charge in [-0.15, -0.1) is 0 Å². The first kappa shape index (κ1) is 14.2. The second-order valence-corrected chi connectivity index (χ2v) is 6.45. The molecule has 0 aliphatic carbocycles. The minimum absolute atomic E-state index is 0.431. The quantitative estimate of drug-likeness (QED) is 0.645. The highest BCUT2D eigenvalue weighted by Gasteiger charge is 2.28. The van der Waals surface area contributed by atoms with Crippen molar-refractivity contribution in [2.75, 3.05) is 18.5 Å². The molecule has 1 saturated heterocycles. The molecule has 0 atom stereocenters. The molecule has 2 rings (SSSR count). The van der Waals surface area contributed by atoms with Gasteiger partial charge in [0.05, 0.1) is 18.1 Å². The van der Waals surface area contributed by atoms with Crippen LogP contribution in [-0.2, 0) is 6.54 Å². The Kier molecular flexibility index (Phi) is 4.37. The lowest BCUT2D eigenvalue weighted by Gasteiger charge is -2.38. The van der Waals surface area contributed by atoms with Crippen LogP contribution in [0.2, 0.25) is 0 Å². The lowest BCUT2D eigenvalue weighted by Crippen LogP contribution is -2.37. The van der Waals surface area contributed by atoms with Crippen molar-refractivity contribution in [2.24, 2.45) is 17.2 Å². The molecular formula is C14H25N5. The van der Waals surface area contributed by atoms with E-state index in [0.717, 1.165) is 31.2 Å². The van der Waals surface area contributed by atoms with Gasteiger partial charge in [0.15, 0.2) is 5.82 Å². The zero-order chi connectivity index (χ0) is 13.9. The van der Waals surface area contributed by atoms with Crippen LogP contribution in [0.1, 0.15) is 39.3 Å². The van der Waals surface area contributed by atoms with Gasteiger partial charge in [0.1, 0.15) is 0 Å². The summed E-state index contributed by atoms with van der Waals surface area (Å²) < 4.78 is 0. The zero-order valence-electron chi connectivity index (χ0n) is 12.2. The Balaban J connectivity index is 1.85. The molecule has 0 unspecified atom stereocenters. The fourth-order valence-electron chi connectivity index (χ4n) is 2.70. The van der Waals surface area contributed by atoms with E-state index in [-0.39, 0.29) is 0 Å². The predicted octanol–water partition coefficient (Wildman–Crippen LogP) is 2.02. The van der Waals surface area contributed by atoms with Crippen molar-refractivity contribution in [2.45, 2.75) is 40.2 Å². The summed E-state index contributed by atoms with van der Waals surface area (Å²) in [4.78, 5) is 11.0. The Labute approximate surface area is 115 Å². The average Bonchev–Trinajstić information content (AvgIpc) is 2.39. The second-order valence-electron chi connectivity index (χ2n) is 6.45. The summed E-state index contributed by atoms with van der Waals surface area (Å²) in [7, 11) is 0. The molecule has 1 fully saturated rings. The monoisotopic (exact) mass is 263 g/mol. The summed E-state index contributed by atoms with van der Waals surface area (Å²) in [5.41, 5.74) is 3.93. The molecule has 1 aromatic heterocycles. The van der Waals surface area contributed by atoms with Gasteiger partial charge >= 0.3 is 0 Å². The molecule has 1 aliphatic rings. The maximum absolute atomic E-state index is 5.28. The van der Waals surface area contributed by atoms with Crippen LogP contribution in [0.15, 0.2) is 12.4 Å². The third kappa shape index (κ3) is 3.88. The number of anilines is 1. The summed E-state index contributed by atoms with van der Waals surface area (Å²) in [5, 5.41) is 0. The van der Waals surface area contributed by atoms with Crippen molar-refractivity contribution in [3.05, 3.63) is 18.1 Å². The van der Waals surface area contributed by atoms with E-state index in [0.29, 0.717) is 11.2 Å². The van der Waals surface area contributed by atoms with Crippen molar-refractivity contribution < 1.29 is 0 Å². The number of rotatable bonds is 3. The maximum atomic E-state index is 5.28. The minimum atomic E-state index is 0.431. The van der Waals surface area contributed by atoms with E-state index in [1.54, 1.807) is 12.4 Å². The van der Waals surface area contributed by atoms with Crippen LogP contribution < -0.4 is 11.3 Å². The van der Waals surface area contributed by atoms with E-state index in [4.69, 9.17) is 5.84 Å². The standard InChI is InChI=1S/C14H25N5/c1-14(2,3)11-4-6-19(7-5-11)10-12-8-17-13(18-15)9-16-12/h8-9,11H,4-7,10,15H2,1-3H3,(H,17,18). The highest BCUT2D eigenvalue weighted by Crippen LogP contribution is 2.34. The first-order valence-electron chi connectivity index (χ1n) is 6.99. The van der Waals surface area contributed by atoms with Gasteiger partial charge < -0.3 is 5.43 Å². The summed E-state index contributed by atoms with van der Waals surface area (Å²) in [6, 6.07) is 0. The number of nitrogens with two attached hydrogens (primary N) is 1. The van der Waals surface area contributed by atoms with E-state index in [2.05, 4.69) is 41.1 Å². The lowest BCUT2D eigenvalue weighted by atomic mass is 9.75. The van der Waals surface area contributed by atoms with Gasteiger partial charge in [-0.3, -0.25) is 9.88 Å². The first-order valence-corrected chi connectivity index (χ1v) is 6.99. The molecule has 5 heteroatoms. The summed E-state index contributed by atoms with van der Waals surface area (Å²) in [5.74, 6) is 6.72. The number of nitrogen functional groups attached to an aromatic ring is 1. The number of aromatic nitrogens is 2. The summed E-state index contributed by atoms with van der Waals surface area (Å²) in [6.07, 6.45) is 6.03. The molecule has 0 radical (unpaired) electrons. The van der Waals surface area contributed by atoms with Gasteiger partial charge in [-0.05, 0) is 37.3 Å². The van der Waals surface area contributed by atoms with Gasteiger partial charge in [0.2, 0.25) is 0 Å². The van der Waals surface area contributed by atoms with Crippen LogP contribution in [0.3, 0.4) is 0 Å². The Morgan fingerprint density at radius 3 is 2.42 bits per heavy atom. The topological polar surface area (TPSA) is 67.1 Å². The van der Waals surface area contributed by atoms with Crippen LogP contribution >= 0.6 is 0 Å². The predicted molar refractivity (Wildman–Crippen MR) is 77.3 cm³/mol. The molecule has 0 amide bonds. The second kappa shape index (κ2) is 5.84. The van der Waals surface area contributed by atoms with Crippen LogP contribution in [-0.4, -0.2) is 28.0 Å². The molecule has 0 bridgehead atoms. The van der Waals surface area contributed by atoms with Crippen LogP contribution in [0.4, 0.5) is 5.82 Å². The fraction of sp³-hybridized carbons (Fsp3) is 0.714. The van der Waals surface area contributed by atoms with Gasteiger partial charge in [-0.1, -0.05) is 20.8 Å². The van der Waals surface area contributed by atoms with Crippen LogP contribution in [0, 0.1) is 11.3 Å². The van der Waals surface area contributed by atoms with Gasteiger partial charge in [0, 0.05) is 6.54 Å². The normalized spacial score (nSPS) is 18.5. The van der Waals surface area contributed by atoms with E-state index >= 15 is 0 Å². The molecular weight excluding hydrogens is 238 g/mol. The number of hydrogen-bond acceptors (Lipinski definition) is 5. The number of likely N-dealkylation sites (tertiary alicyclic amines) is 1. The van der Waals surface area contributed by atoms with Gasteiger partial charge in [0.25, 0.3) is 0 Å². The van der Waals surface area contributed by atoms with Gasteiger partial charge in [-0.2, -0.15) is 0 Å². The van der Waals surface area contributed by atoms with Crippen molar-refractivity contribution in [1.29, 1.82) is 0 Å². The third-order valence-electron chi connectivity index (χ3n) is 4.05. The maximum Gasteiger partial charge on any atom is 0.158 e. The van der Waals surface area contributed by atoms with E-state index in [1.165, 1.54) is 12.8 Å². The van der Waals surface area contributed by atoms with Crippen LogP contribution in [0.25, 0.3) is 0 Å². The number of nitrogens with one attached hydrogen (secondary N) is 1. The Bertz CT molecular complexity index is 387. The molecule has 2 heterocycles. The van der Waals surface area contributed by atoms with E-state index in [9.17, 15) is 0 Å². The number of hydrazine groups is 1. The summed E-state index contributed by atoms with van der Waals surface area (Å²) >= 11 is 0. The molecule has 0 saturated carbocycles. The molecule has 0 spiro atoms. The van der Waals surface area contributed by atoms with Gasteiger partial charge in [-0.25, -0.2) is 10.8 Å². The Morgan fingerprint density at radius 1 is 1.26 bits per heavy atom. The number of piperidine rings is 1. The SMILES string of the molecule is CC(C)(C)C1CCN(Cc2cnc(NN)cn2)CC1. The van der Waals surface area contributed by atoms with E-state index in [1.807, 2.05) is 0 Å². The highest BCUT2D eigenvalue weighted by atomic mass is 15.3. The van der Waals surface area contributed by atoms with Crippen molar-refractivity contribution in [3.8, 4) is 0 Å². The third-order valence-corrected chi connectivity index (χ3v) is 4.05. The fourth-order valence-corrected chi connectivity index (χ4v) is 2.70. The minimum Gasteiger partial charge on any atom is -0.307 e. The van der Waals surface area contributed by atoms with Crippen LogP contribution in [0.5, 0.6) is 0 Å². The molecule has 3 N–H and O–H groups in total.